The second-order valence-electron chi connectivity index (χ2n) is 8.91. The van der Waals surface area contributed by atoms with E-state index in [0.717, 1.165) is 0 Å². The Morgan fingerprint density at radius 3 is 2.54 bits per heavy atom. The van der Waals surface area contributed by atoms with Gasteiger partial charge in [0, 0.05) is 37.3 Å². The van der Waals surface area contributed by atoms with Crippen molar-refractivity contribution in [3.05, 3.63) is 113 Å². The van der Waals surface area contributed by atoms with Crippen molar-refractivity contribution in [1.82, 2.24) is 14.5 Å². The van der Waals surface area contributed by atoms with E-state index >= 15 is 4.39 Å². The smallest absolute Gasteiger partial charge is 0.335 e. The van der Waals surface area contributed by atoms with Gasteiger partial charge in [0.25, 0.3) is 0 Å². The molecule has 2 heterocycles. The molecule has 0 saturated carbocycles. The molecule has 0 aliphatic heterocycles. The molecule has 0 spiro atoms. The minimum atomic E-state index is -1.03. The number of halogens is 2. The highest BCUT2D eigenvalue weighted by Gasteiger charge is 2.16. The van der Waals surface area contributed by atoms with Crippen molar-refractivity contribution >= 4 is 17.0 Å². The van der Waals surface area contributed by atoms with Gasteiger partial charge in [0.1, 0.15) is 24.1 Å². The number of rotatable bonds is 10. The van der Waals surface area contributed by atoms with E-state index in [1.54, 1.807) is 67.8 Å². The fourth-order valence-electron chi connectivity index (χ4n) is 4.32. The molecule has 0 aliphatic carbocycles. The number of pyridine rings is 1. The Morgan fingerprint density at radius 2 is 1.77 bits per heavy atom. The summed E-state index contributed by atoms with van der Waals surface area (Å²) in [6.45, 7) is 0.849. The van der Waals surface area contributed by atoms with Gasteiger partial charge in [0.2, 0.25) is 5.88 Å². The highest BCUT2D eigenvalue weighted by molar-refractivity contribution is 5.92. The summed E-state index contributed by atoms with van der Waals surface area (Å²) in [6, 6.07) is 21.1. The van der Waals surface area contributed by atoms with E-state index in [2.05, 4.69) is 9.97 Å². The number of fused-ring (bicyclic) bond motifs is 1. The molecular formula is C30H25F2N3O4. The summed E-state index contributed by atoms with van der Waals surface area (Å²) in [5.74, 6) is -0.923. The molecule has 0 aliphatic rings. The minimum Gasteiger partial charge on any atom is -0.478 e. The van der Waals surface area contributed by atoms with Gasteiger partial charge in [0.15, 0.2) is 0 Å². The number of methoxy groups -OCH3 is 1. The van der Waals surface area contributed by atoms with Crippen molar-refractivity contribution in [2.24, 2.45) is 0 Å². The van der Waals surface area contributed by atoms with Crippen LogP contribution in [0.25, 0.3) is 22.3 Å². The largest absolute Gasteiger partial charge is 0.478 e. The summed E-state index contributed by atoms with van der Waals surface area (Å²) >= 11 is 0. The second-order valence-corrected chi connectivity index (χ2v) is 8.91. The first-order chi connectivity index (χ1) is 18.9. The summed E-state index contributed by atoms with van der Waals surface area (Å²) in [7, 11) is 1.58. The standard InChI is InChI=1S/C30H25F2N3O4/c1-38-14-13-35-27-16-21(30(36)37)11-12-26(27)33-28(35)17-19-9-10-20(15-24(19)32)25-7-4-8-29(34-25)39-18-22-5-2-3-6-23(22)31/h2-12,15-16H,13-14,17-18H2,1H3,(H,36,37). The predicted molar refractivity (Wildman–Crippen MR) is 142 cm³/mol. The number of benzene rings is 3. The molecule has 0 atom stereocenters. The molecule has 5 rings (SSSR count). The Bertz CT molecular complexity index is 1650. The molecule has 5 aromatic rings. The maximum absolute atomic E-state index is 15.3. The van der Waals surface area contributed by atoms with Gasteiger partial charge in [-0.15, -0.1) is 0 Å². The first kappa shape index (κ1) is 26.0. The van der Waals surface area contributed by atoms with Crippen molar-refractivity contribution in [2.75, 3.05) is 13.7 Å². The maximum atomic E-state index is 15.3. The van der Waals surface area contributed by atoms with Crippen LogP contribution in [0.5, 0.6) is 5.88 Å². The summed E-state index contributed by atoms with van der Waals surface area (Å²) in [5.41, 5.74) is 3.34. The van der Waals surface area contributed by atoms with E-state index in [4.69, 9.17) is 9.47 Å². The molecular weight excluding hydrogens is 504 g/mol. The Hall–Kier alpha value is -4.63. The Morgan fingerprint density at radius 1 is 0.923 bits per heavy atom. The highest BCUT2D eigenvalue weighted by atomic mass is 19.1. The normalized spacial score (nSPS) is 11.2. The van der Waals surface area contributed by atoms with Gasteiger partial charge >= 0.3 is 5.97 Å². The van der Waals surface area contributed by atoms with E-state index in [-0.39, 0.29) is 24.4 Å². The van der Waals surface area contributed by atoms with Gasteiger partial charge in [-0.05, 0) is 42.0 Å². The quantitative estimate of drug-likeness (QED) is 0.243. The van der Waals surface area contributed by atoms with Crippen LogP contribution in [0.2, 0.25) is 0 Å². The number of hydrogen-bond donors (Lipinski definition) is 1. The van der Waals surface area contributed by atoms with Gasteiger partial charge in [-0.25, -0.2) is 23.5 Å². The third-order valence-electron chi connectivity index (χ3n) is 6.35. The third-order valence-corrected chi connectivity index (χ3v) is 6.35. The van der Waals surface area contributed by atoms with Crippen molar-refractivity contribution in [3.63, 3.8) is 0 Å². The summed E-state index contributed by atoms with van der Waals surface area (Å²) in [4.78, 5) is 20.6. The molecule has 0 bridgehead atoms. The zero-order valence-electron chi connectivity index (χ0n) is 21.1. The molecule has 7 nitrogen and oxygen atoms in total. The molecule has 2 aromatic heterocycles. The highest BCUT2D eigenvalue weighted by Crippen LogP contribution is 2.26. The number of hydrogen-bond acceptors (Lipinski definition) is 5. The van der Waals surface area contributed by atoms with Crippen LogP contribution in [0, 0.1) is 11.6 Å². The first-order valence-corrected chi connectivity index (χ1v) is 12.3. The summed E-state index contributed by atoms with van der Waals surface area (Å²) in [6.07, 6.45) is 0.201. The van der Waals surface area contributed by atoms with Crippen LogP contribution in [0.1, 0.15) is 27.3 Å². The molecule has 0 amide bonds. The van der Waals surface area contributed by atoms with Gasteiger partial charge in [-0.3, -0.25) is 0 Å². The number of ether oxygens (including phenoxy) is 2. The van der Waals surface area contributed by atoms with Crippen molar-refractivity contribution < 1.29 is 28.2 Å². The summed E-state index contributed by atoms with van der Waals surface area (Å²) < 4.78 is 41.9. The van der Waals surface area contributed by atoms with E-state index in [1.807, 2.05) is 4.57 Å². The molecule has 198 valence electrons. The Labute approximate surface area is 223 Å². The fraction of sp³-hybridized carbons (Fsp3) is 0.167. The van der Waals surface area contributed by atoms with Crippen LogP contribution in [0.3, 0.4) is 0 Å². The number of aromatic nitrogens is 3. The van der Waals surface area contributed by atoms with Gasteiger partial charge in [-0.1, -0.05) is 36.4 Å². The lowest BCUT2D eigenvalue weighted by Gasteiger charge is -2.11. The molecule has 3 aromatic carbocycles. The number of carbonyl (C=O) groups is 1. The van der Waals surface area contributed by atoms with E-state index in [1.165, 1.54) is 18.2 Å². The number of nitrogens with zero attached hydrogens (tertiary/aromatic N) is 3. The topological polar surface area (TPSA) is 86.5 Å². The van der Waals surface area contributed by atoms with Crippen molar-refractivity contribution in [3.8, 4) is 17.1 Å². The van der Waals surface area contributed by atoms with Crippen molar-refractivity contribution in [1.29, 1.82) is 0 Å². The lowest BCUT2D eigenvalue weighted by atomic mass is 10.1. The Balaban J connectivity index is 1.38. The van der Waals surface area contributed by atoms with Crippen LogP contribution in [0.4, 0.5) is 8.78 Å². The zero-order chi connectivity index (χ0) is 27.4. The minimum absolute atomic E-state index is 0.0223. The molecule has 9 heteroatoms. The average molecular weight is 530 g/mol. The van der Waals surface area contributed by atoms with Crippen LogP contribution < -0.4 is 4.74 Å². The summed E-state index contributed by atoms with van der Waals surface area (Å²) in [5, 5.41) is 9.39. The molecule has 0 radical (unpaired) electrons. The molecule has 1 N–H and O–H groups in total. The van der Waals surface area contributed by atoms with Crippen molar-refractivity contribution in [2.45, 2.75) is 19.6 Å². The molecule has 0 unspecified atom stereocenters. The lowest BCUT2D eigenvalue weighted by Crippen LogP contribution is -2.10. The molecule has 39 heavy (non-hydrogen) atoms. The van der Waals surface area contributed by atoms with Gasteiger partial charge in [-0.2, -0.15) is 0 Å². The molecule has 0 saturated heterocycles. The molecule has 0 fully saturated rings. The van der Waals surface area contributed by atoms with Crippen LogP contribution >= 0.6 is 0 Å². The number of carboxylic acids is 1. The third kappa shape index (κ3) is 5.78. The fourth-order valence-corrected chi connectivity index (χ4v) is 4.32. The van der Waals surface area contributed by atoms with Crippen LogP contribution in [0.15, 0.2) is 78.9 Å². The zero-order valence-corrected chi connectivity index (χ0v) is 21.1. The van der Waals surface area contributed by atoms with E-state index in [9.17, 15) is 14.3 Å². The lowest BCUT2D eigenvalue weighted by molar-refractivity contribution is 0.0697. The monoisotopic (exact) mass is 529 g/mol. The Kier molecular flexibility index (Phi) is 7.60. The van der Waals surface area contributed by atoms with Crippen LogP contribution in [-0.2, 0) is 24.3 Å². The van der Waals surface area contributed by atoms with E-state index in [0.29, 0.717) is 58.3 Å². The SMILES string of the molecule is COCCn1c(Cc2ccc(-c3cccc(OCc4ccccc4F)n3)cc2F)nc2ccc(C(=O)O)cc21. The first-order valence-electron chi connectivity index (χ1n) is 12.3. The van der Waals surface area contributed by atoms with Gasteiger partial charge < -0.3 is 19.1 Å². The maximum Gasteiger partial charge on any atom is 0.335 e. The number of carboxylic acid groups (broad SMARTS) is 1. The average Bonchev–Trinajstić information content (AvgIpc) is 3.28. The predicted octanol–water partition coefficient (Wildman–Crippen LogP) is 5.89. The number of aromatic carboxylic acids is 1. The second kappa shape index (κ2) is 11.4. The van der Waals surface area contributed by atoms with Gasteiger partial charge in [0.05, 0.1) is 28.9 Å². The number of imidazole rings is 1. The van der Waals surface area contributed by atoms with E-state index < -0.39 is 11.8 Å². The van der Waals surface area contributed by atoms with Crippen LogP contribution in [-0.4, -0.2) is 39.3 Å².